The molecule has 6 heteroatoms. The van der Waals surface area contributed by atoms with Crippen LogP contribution >= 0.6 is 0 Å². The van der Waals surface area contributed by atoms with E-state index in [4.69, 9.17) is 4.99 Å². The molecule has 0 bridgehead atoms. The van der Waals surface area contributed by atoms with Gasteiger partial charge in [-0.05, 0) is 37.6 Å². The Kier molecular flexibility index (Phi) is 9.45. The fourth-order valence-corrected chi connectivity index (χ4v) is 3.58. The molecule has 1 aliphatic heterocycles. The van der Waals surface area contributed by atoms with E-state index in [0.29, 0.717) is 6.54 Å². The highest BCUT2D eigenvalue weighted by Crippen LogP contribution is 2.13. The summed E-state index contributed by atoms with van der Waals surface area (Å²) < 4.78 is 0. The maximum atomic E-state index is 12.2. The molecule has 162 valence electrons. The van der Waals surface area contributed by atoms with Crippen LogP contribution in [0.3, 0.4) is 0 Å². The van der Waals surface area contributed by atoms with Crippen molar-refractivity contribution in [1.29, 1.82) is 0 Å². The number of hydrogen-bond acceptors (Lipinski definition) is 3. The van der Waals surface area contributed by atoms with Crippen LogP contribution in [0.15, 0.2) is 29.3 Å². The Morgan fingerprint density at radius 1 is 1.17 bits per heavy atom. The average molecular weight is 402 g/mol. The van der Waals surface area contributed by atoms with Gasteiger partial charge in [-0.1, -0.05) is 52.0 Å². The molecule has 1 saturated heterocycles. The summed E-state index contributed by atoms with van der Waals surface area (Å²) in [6, 6.07) is 9.01. The summed E-state index contributed by atoms with van der Waals surface area (Å²) in [5.74, 6) is 1.12. The fraction of sp³-hybridized carbons (Fsp3) is 0.652. The summed E-state index contributed by atoms with van der Waals surface area (Å²) in [5.41, 5.74) is 2.54. The molecule has 1 amide bonds. The van der Waals surface area contributed by atoms with E-state index in [-0.39, 0.29) is 17.9 Å². The minimum Gasteiger partial charge on any atom is -0.357 e. The van der Waals surface area contributed by atoms with Gasteiger partial charge in [0.2, 0.25) is 5.91 Å². The van der Waals surface area contributed by atoms with Crippen molar-refractivity contribution in [2.45, 2.75) is 60.2 Å². The van der Waals surface area contributed by atoms with Crippen molar-refractivity contribution in [2.24, 2.45) is 10.9 Å². The number of carbonyl (C=O) groups excluding carboxylic acids is 1. The van der Waals surface area contributed by atoms with Crippen LogP contribution in [0.5, 0.6) is 0 Å². The molecular weight excluding hydrogens is 362 g/mol. The van der Waals surface area contributed by atoms with E-state index < -0.39 is 0 Å². The Balaban J connectivity index is 1.91. The summed E-state index contributed by atoms with van der Waals surface area (Å²) in [6.07, 6.45) is 0.961. The minimum atomic E-state index is 0.0559. The van der Waals surface area contributed by atoms with Crippen LogP contribution < -0.4 is 10.6 Å². The zero-order valence-corrected chi connectivity index (χ0v) is 18.9. The molecule has 0 radical (unpaired) electrons. The zero-order valence-electron chi connectivity index (χ0n) is 18.9. The first-order valence-electron chi connectivity index (χ1n) is 11.1. The molecular formula is C23H39N5O. The van der Waals surface area contributed by atoms with Gasteiger partial charge in [-0.25, -0.2) is 4.99 Å². The molecule has 0 aromatic heterocycles. The normalized spacial score (nSPS) is 17.3. The number of carbonyl (C=O) groups is 1. The maximum Gasteiger partial charge on any atom is 0.225 e. The van der Waals surface area contributed by atoms with Crippen molar-refractivity contribution >= 4 is 11.9 Å². The minimum absolute atomic E-state index is 0.0559. The second-order valence-electron chi connectivity index (χ2n) is 8.04. The Labute approximate surface area is 176 Å². The van der Waals surface area contributed by atoms with Gasteiger partial charge in [-0.2, -0.15) is 0 Å². The number of benzene rings is 1. The van der Waals surface area contributed by atoms with Crippen LogP contribution in [-0.2, 0) is 17.9 Å². The van der Waals surface area contributed by atoms with Gasteiger partial charge in [0, 0.05) is 38.1 Å². The van der Waals surface area contributed by atoms with Crippen LogP contribution in [0, 0.1) is 5.92 Å². The Morgan fingerprint density at radius 2 is 1.83 bits per heavy atom. The fourth-order valence-electron chi connectivity index (χ4n) is 3.58. The van der Waals surface area contributed by atoms with Gasteiger partial charge in [-0.3, -0.25) is 9.69 Å². The number of rotatable bonds is 9. The molecule has 0 spiro atoms. The smallest absolute Gasteiger partial charge is 0.225 e. The third-order valence-corrected chi connectivity index (χ3v) is 5.42. The number of nitrogens with zero attached hydrogens (tertiary/aromatic N) is 3. The average Bonchev–Trinajstić information content (AvgIpc) is 3.19. The molecule has 2 rings (SSSR count). The molecule has 29 heavy (non-hydrogen) atoms. The highest BCUT2D eigenvalue weighted by Gasteiger charge is 2.27. The van der Waals surface area contributed by atoms with E-state index in [1.54, 1.807) is 0 Å². The molecule has 2 N–H and O–H groups in total. The Bertz CT molecular complexity index is 652. The van der Waals surface area contributed by atoms with Gasteiger partial charge in [0.15, 0.2) is 5.96 Å². The van der Waals surface area contributed by atoms with E-state index >= 15 is 0 Å². The Morgan fingerprint density at radius 3 is 2.41 bits per heavy atom. The van der Waals surface area contributed by atoms with Gasteiger partial charge in [-0.15, -0.1) is 0 Å². The first-order valence-corrected chi connectivity index (χ1v) is 11.1. The molecule has 1 heterocycles. The predicted octanol–water partition coefficient (Wildman–Crippen LogP) is 2.84. The van der Waals surface area contributed by atoms with Crippen LogP contribution in [0.4, 0.5) is 0 Å². The second kappa shape index (κ2) is 11.8. The van der Waals surface area contributed by atoms with E-state index in [1.807, 2.05) is 18.7 Å². The molecule has 1 aromatic carbocycles. The van der Waals surface area contributed by atoms with Crippen molar-refractivity contribution in [2.75, 3.05) is 32.7 Å². The molecule has 1 atom stereocenters. The third-order valence-electron chi connectivity index (χ3n) is 5.42. The largest absolute Gasteiger partial charge is 0.357 e. The number of amides is 1. The first-order chi connectivity index (χ1) is 14.0. The van der Waals surface area contributed by atoms with Gasteiger partial charge in [0.1, 0.15) is 0 Å². The van der Waals surface area contributed by atoms with Crippen molar-refractivity contribution in [3.8, 4) is 0 Å². The maximum absolute atomic E-state index is 12.2. The zero-order chi connectivity index (χ0) is 21.2. The molecule has 1 aromatic rings. The lowest BCUT2D eigenvalue weighted by molar-refractivity contribution is -0.133. The second-order valence-corrected chi connectivity index (χ2v) is 8.04. The number of guanidine groups is 1. The topological polar surface area (TPSA) is 60.0 Å². The van der Waals surface area contributed by atoms with Crippen molar-refractivity contribution in [3.63, 3.8) is 0 Å². The lowest BCUT2D eigenvalue weighted by atomic mass is 10.1. The Hall–Kier alpha value is -2.08. The van der Waals surface area contributed by atoms with Gasteiger partial charge < -0.3 is 15.5 Å². The predicted molar refractivity (Wildman–Crippen MR) is 121 cm³/mol. The van der Waals surface area contributed by atoms with Crippen LogP contribution in [0.2, 0.25) is 0 Å². The highest BCUT2D eigenvalue weighted by atomic mass is 16.2. The van der Waals surface area contributed by atoms with E-state index in [1.165, 1.54) is 11.1 Å². The van der Waals surface area contributed by atoms with Crippen molar-refractivity contribution in [3.05, 3.63) is 35.4 Å². The summed E-state index contributed by atoms with van der Waals surface area (Å²) in [7, 11) is 0. The van der Waals surface area contributed by atoms with Gasteiger partial charge in [0.05, 0.1) is 6.54 Å². The lowest BCUT2D eigenvalue weighted by Crippen LogP contribution is -2.45. The van der Waals surface area contributed by atoms with Gasteiger partial charge >= 0.3 is 0 Å². The third kappa shape index (κ3) is 7.35. The number of hydrogen-bond donors (Lipinski definition) is 2. The van der Waals surface area contributed by atoms with E-state index in [0.717, 1.165) is 51.6 Å². The summed E-state index contributed by atoms with van der Waals surface area (Å²) in [6.45, 7) is 16.6. The molecule has 0 aliphatic carbocycles. The van der Waals surface area contributed by atoms with Crippen LogP contribution in [0.25, 0.3) is 0 Å². The summed E-state index contributed by atoms with van der Waals surface area (Å²) >= 11 is 0. The summed E-state index contributed by atoms with van der Waals surface area (Å²) in [5, 5.41) is 6.83. The monoisotopic (exact) mass is 401 g/mol. The van der Waals surface area contributed by atoms with E-state index in [2.05, 4.69) is 60.6 Å². The molecule has 1 unspecified atom stereocenters. The van der Waals surface area contributed by atoms with Crippen LogP contribution in [0.1, 0.15) is 52.2 Å². The van der Waals surface area contributed by atoms with Crippen molar-refractivity contribution in [1.82, 2.24) is 20.4 Å². The lowest BCUT2D eigenvalue weighted by Gasteiger charge is -2.20. The number of likely N-dealkylation sites (tertiary alicyclic amines) is 1. The molecule has 1 aliphatic rings. The molecule has 1 fully saturated rings. The number of aliphatic imine (C=N–C) groups is 1. The summed E-state index contributed by atoms with van der Waals surface area (Å²) in [4.78, 5) is 21.3. The standard InChI is InChI=1S/C23H39N5O/c1-6-24-23(26-21-13-14-28(17-21)22(29)18(4)5)25-15-19-9-11-20(12-10-19)16-27(7-2)8-3/h9-12,18,21H,6-8,13-17H2,1-5H3,(H2,24,25,26). The van der Waals surface area contributed by atoms with Crippen molar-refractivity contribution < 1.29 is 4.79 Å². The molecule has 0 saturated carbocycles. The molecule has 6 nitrogen and oxygen atoms in total. The SMILES string of the molecule is CCNC(=NCc1ccc(CN(CC)CC)cc1)NC1CCN(C(=O)C(C)C)C1. The number of nitrogens with one attached hydrogen (secondary N) is 2. The van der Waals surface area contributed by atoms with Gasteiger partial charge in [0.25, 0.3) is 0 Å². The van der Waals surface area contributed by atoms with E-state index in [9.17, 15) is 4.79 Å². The highest BCUT2D eigenvalue weighted by molar-refractivity contribution is 5.81. The van der Waals surface area contributed by atoms with Crippen LogP contribution in [-0.4, -0.2) is 60.4 Å². The first kappa shape index (κ1) is 23.2. The quantitative estimate of drug-likeness (QED) is 0.493.